The molecule has 96 valence electrons. The third-order valence-electron chi connectivity index (χ3n) is 2.70. The summed E-state index contributed by atoms with van der Waals surface area (Å²) in [7, 11) is 0. The number of amides is 2. The molecular formula is C12H14ClN3O2. The number of rotatable bonds is 4. The van der Waals surface area contributed by atoms with Crippen molar-refractivity contribution >= 4 is 34.8 Å². The highest BCUT2D eigenvalue weighted by Crippen LogP contribution is 2.32. The molecule has 1 aliphatic heterocycles. The predicted molar refractivity (Wildman–Crippen MR) is 70.7 cm³/mol. The van der Waals surface area contributed by atoms with E-state index in [1.54, 1.807) is 12.1 Å². The van der Waals surface area contributed by atoms with E-state index in [0.29, 0.717) is 42.2 Å². The molecule has 4 N–H and O–H groups in total. The SMILES string of the molecule is NCCCC(=O)Nc1cc2c(cc1Cl)NC(=O)C2. The molecular weight excluding hydrogens is 254 g/mol. The number of hydrogen-bond donors (Lipinski definition) is 3. The van der Waals surface area contributed by atoms with Gasteiger partial charge in [0.2, 0.25) is 11.8 Å². The van der Waals surface area contributed by atoms with Crippen molar-refractivity contribution in [2.75, 3.05) is 17.2 Å². The lowest BCUT2D eigenvalue weighted by Gasteiger charge is -2.09. The zero-order valence-electron chi connectivity index (χ0n) is 9.75. The van der Waals surface area contributed by atoms with E-state index in [4.69, 9.17) is 17.3 Å². The van der Waals surface area contributed by atoms with E-state index in [9.17, 15) is 9.59 Å². The van der Waals surface area contributed by atoms with Crippen LogP contribution in [0.15, 0.2) is 12.1 Å². The van der Waals surface area contributed by atoms with Crippen LogP contribution in [0.3, 0.4) is 0 Å². The van der Waals surface area contributed by atoms with Crippen molar-refractivity contribution in [1.29, 1.82) is 0 Å². The molecule has 0 unspecified atom stereocenters. The van der Waals surface area contributed by atoms with Crippen LogP contribution in [0.4, 0.5) is 11.4 Å². The first-order chi connectivity index (χ1) is 8.60. The molecule has 1 aliphatic rings. The second kappa shape index (κ2) is 5.37. The summed E-state index contributed by atoms with van der Waals surface area (Å²) in [5.41, 5.74) is 7.43. The number of carbonyl (C=O) groups is 2. The van der Waals surface area contributed by atoms with Gasteiger partial charge >= 0.3 is 0 Å². The Kier molecular flexibility index (Phi) is 3.84. The Labute approximate surface area is 110 Å². The Morgan fingerprint density at radius 1 is 1.50 bits per heavy atom. The van der Waals surface area contributed by atoms with Crippen molar-refractivity contribution in [2.24, 2.45) is 5.73 Å². The van der Waals surface area contributed by atoms with Crippen molar-refractivity contribution in [3.63, 3.8) is 0 Å². The molecule has 1 aromatic rings. The number of hydrogen-bond acceptors (Lipinski definition) is 3. The summed E-state index contributed by atoms with van der Waals surface area (Å²) >= 11 is 6.04. The lowest BCUT2D eigenvalue weighted by Crippen LogP contribution is -2.13. The first-order valence-corrected chi connectivity index (χ1v) is 6.10. The van der Waals surface area contributed by atoms with Crippen LogP contribution in [-0.4, -0.2) is 18.4 Å². The van der Waals surface area contributed by atoms with Gasteiger partial charge in [-0.15, -0.1) is 0 Å². The van der Waals surface area contributed by atoms with Gasteiger partial charge in [-0.3, -0.25) is 9.59 Å². The Balaban J connectivity index is 2.12. The fourth-order valence-electron chi connectivity index (χ4n) is 1.82. The van der Waals surface area contributed by atoms with E-state index in [2.05, 4.69) is 10.6 Å². The zero-order chi connectivity index (χ0) is 13.1. The summed E-state index contributed by atoms with van der Waals surface area (Å²) in [6.45, 7) is 0.476. The summed E-state index contributed by atoms with van der Waals surface area (Å²) in [6.07, 6.45) is 1.31. The molecule has 0 bridgehead atoms. The van der Waals surface area contributed by atoms with Crippen LogP contribution in [-0.2, 0) is 16.0 Å². The van der Waals surface area contributed by atoms with E-state index in [1.807, 2.05) is 0 Å². The Hall–Kier alpha value is -1.59. The Bertz CT molecular complexity index is 502. The summed E-state index contributed by atoms with van der Waals surface area (Å²) in [6, 6.07) is 3.39. The van der Waals surface area contributed by atoms with Crippen molar-refractivity contribution in [2.45, 2.75) is 19.3 Å². The fourth-order valence-corrected chi connectivity index (χ4v) is 2.03. The van der Waals surface area contributed by atoms with Gasteiger partial charge in [0.05, 0.1) is 17.1 Å². The molecule has 0 saturated carbocycles. The van der Waals surface area contributed by atoms with Gasteiger partial charge in [-0.25, -0.2) is 0 Å². The second-order valence-corrected chi connectivity index (χ2v) is 4.56. The molecule has 5 nitrogen and oxygen atoms in total. The van der Waals surface area contributed by atoms with Crippen LogP contribution in [0.2, 0.25) is 5.02 Å². The molecule has 2 rings (SSSR count). The van der Waals surface area contributed by atoms with Gasteiger partial charge in [0, 0.05) is 12.1 Å². The molecule has 1 aromatic carbocycles. The van der Waals surface area contributed by atoms with Gasteiger partial charge in [0.15, 0.2) is 0 Å². The van der Waals surface area contributed by atoms with Crippen molar-refractivity contribution in [1.82, 2.24) is 0 Å². The molecule has 0 spiro atoms. The molecule has 18 heavy (non-hydrogen) atoms. The minimum atomic E-state index is -0.125. The Morgan fingerprint density at radius 2 is 2.28 bits per heavy atom. The van der Waals surface area contributed by atoms with E-state index in [-0.39, 0.29) is 11.8 Å². The Morgan fingerprint density at radius 3 is 3.00 bits per heavy atom. The van der Waals surface area contributed by atoms with Crippen molar-refractivity contribution < 1.29 is 9.59 Å². The van der Waals surface area contributed by atoms with Crippen LogP contribution in [0, 0.1) is 0 Å². The third kappa shape index (κ3) is 2.80. The summed E-state index contributed by atoms with van der Waals surface area (Å²) in [5, 5.41) is 5.84. The number of benzene rings is 1. The molecule has 0 aliphatic carbocycles. The van der Waals surface area contributed by atoms with Crippen LogP contribution in [0.25, 0.3) is 0 Å². The van der Waals surface area contributed by atoms with Crippen LogP contribution < -0.4 is 16.4 Å². The number of nitrogens with two attached hydrogens (primary N) is 1. The van der Waals surface area contributed by atoms with Crippen molar-refractivity contribution in [3.8, 4) is 0 Å². The van der Waals surface area contributed by atoms with Gasteiger partial charge in [-0.2, -0.15) is 0 Å². The quantitative estimate of drug-likeness (QED) is 0.773. The number of fused-ring (bicyclic) bond motifs is 1. The van der Waals surface area contributed by atoms with Crippen LogP contribution in [0.5, 0.6) is 0 Å². The van der Waals surface area contributed by atoms with Crippen LogP contribution >= 0.6 is 11.6 Å². The van der Waals surface area contributed by atoms with Gasteiger partial charge in [0.1, 0.15) is 0 Å². The zero-order valence-corrected chi connectivity index (χ0v) is 10.5. The number of nitrogens with one attached hydrogen (secondary N) is 2. The standard InChI is InChI=1S/C12H14ClN3O2/c13-8-6-9-7(5-12(18)15-9)4-10(8)16-11(17)2-1-3-14/h4,6H,1-3,5,14H2,(H,15,18)(H,16,17). The second-order valence-electron chi connectivity index (χ2n) is 4.15. The topological polar surface area (TPSA) is 84.2 Å². The maximum Gasteiger partial charge on any atom is 0.228 e. The number of halogens is 1. The minimum absolute atomic E-state index is 0.0623. The maximum atomic E-state index is 11.6. The van der Waals surface area contributed by atoms with Crippen molar-refractivity contribution in [3.05, 3.63) is 22.7 Å². The highest BCUT2D eigenvalue weighted by Gasteiger charge is 2.20. The molecule has 6 heteroatoms. The van der Waals surface area contributed by atoms with E-state index in [1.165, 1.54) is 0 Å². The normalized spacial score (nSPS) is 13.1. The van der Waals surface area contributed by atoms with Gasteiger partial charge in [-0.1, -0.05) is 11.6 Å². The molecule has 0 fully saturated rings. The van der Waals surface area contributed by atoms with E-state index < -0.39 is 0 Å². The fraction of sp³-hybridized carbons (Fsp3) is 0.333. The van der Waals surface area contributed by atoms with E-state index in [0.717, 1.165) is 5.56 Å². The lowest BCUT2D eigenvalue weighted by atomic mass is 10.1. The van der Waals surface area contributed by atoms with Gasteiger partial charge < -0.3 is 16.4 Å². The summed E-state index contributed by atoms with van der Waals surface area (Å²) in [4.78, 5) is 22.8. The number of carbonyl (C=O) groups excluding carboxylic acids is 2. The minimum Gasteiger partial charge on any atom is -0.330 e. The molecule has 0 saturated heterocycles. The third-order valence-corrected chi connectivity index (χ3v) is 3.01. The average Bonchev–Trinajstić information content (AvgIpc) is 2.66. The lowest BCUT2D eigenvalue weighted by molar-refractivity contribution is -0.116. The first-order valence-electron chi connectivity index (χ1n) is 5.72. The monoisotopic (exact) mass is 267 g/mol. The predicted octanol–water partition coefficient (Wildman–Crippen LogP) is 1.51. The van der Waals surface area contributed by atoms with Crippen LogP contribution in [0.1, 0.15) is 18.4 Å². The summed E-state index contributed by atoms with van der Waals surface area (Å²) in [5.74, 6) is -0.188. The molecule has 1 heterocycles. The maximum absolute atomic E-state index is 11.6. The largest absolute Gasteiger partial charge is 0.330 e. The molecule has 0 atom stereocenters. The molecule has 0 radical (unpaired) electrons. The number of anilines is 2. The highest BCUT2D eigenvalue weighted by molar-refractivity contribution is 6.34. The molecule has 2 amide bonds. The average molecular weight is 268 g/mol. The first kappa shape index (κ1) is 12.9. The highest BCUT2D eigenvalue weighted by atomic mass is 35.5. The summed E-state index contributed by atoms with van der Waals surface area (Å²) < 4.78 is 0. The smallest absolute Gasteiger partial charge is 0.228 e. The van der Waals surface area contributed by atoms with Gasteiger partial charge in [0.25, 0.3) is 0 Å². The van der Waals surface area contributed by atoms with Gasteiger partial charge in [-0.05, 0) is 30.7 Å². The molecule has 0 aromatic heterocycles. The van der Waals surface area contributed by atoms with E-state index >= 15 is 0 Å².